The monoisotopic (exact) mass is 375 g/mol. The number of nitrogens with zero attached hydrogens (tertiary/aromatic N) is 3. The first-order valence-corrected chi connectivity index (χ1v) is 11.5. The Morgan fingerprint density at radius 3 is 2.35 bits per heavy atom. The van der Waals surface area contributed by atoms with Crippen LogP contribution in [0.3, 0.4) is 0 Å². The van der Waals surface area contributed by atoms with E-state index in [1.54, 1.807) is 11.3 Å². The Kier molecular flexibility index (Phi) is 5.65. The number of rotatable bonds is 5. The van der Waals surface area contributed by atoms with Crippen LogP contribution in [0.2, 0.25) is 0 Å². The lowest BCUT2D eigenvalue weighted by atomic mass is 9.94. The number of hydrogen-bond donors (Lipinski definition) is 0. The van der Waals surface area contributed by atoms with Crippen molar-refractivity contribution in [3.8, 4) is 0 Å². The van der Waals surface area contributed by atoms with Gasteiger partial charge in [0.05, 0.1) is 5.01 Å². The summed E-state index contributed by atoms with van der Waals surface area (Å²) in [5.74, 6) is 0.752. The van der Waals surface area contributed by atoms with Crippen molar-refractivity contribution in [2.24, 2.45) is 0 Å². The van der Waals surface area contributed by atoms with E-state index in [4.69, 9.17) is 4.98 Å². The van der Waals surface area contributed by atoms with Gasteiger partial charge in [-0.15, -0.1) is 11.3 Å². The fraction of sp³-hybridized carbons (Fsp3) is 0.810. The van der Waals surface area contributed by atoms with Crippen LogP contribution in [0.5, 0.6) is 0 Å². The Balaban J connectivity index is 1.42. The van der Waals surface area contributed by atoms with Crippen LogP contribution >= 0.6 is 11.3 Å². The number of hydrogen-bond acceptors (Lipinski definition) is 4. The van der Waals surface area contributed by atoms with Gasteiger partial charge in [0.2, 0.25) is 0 Å². The first-order chi connectivity index (χ1) is 12.6. The second-order valence-corrected chi connectivity index (χ2v) is 9.60. The summed E-state index contributed by atoms with van der Waals surface area (Å²) in [7, 11) is 0. The van der Waals surface area contributed by atoms with E-state index in [1.165, 1.54) is 62.8 Å². The minimum Gasteiger partial charge on any atom is -0.331 e. The molecule has 3 aliphatic rings. The van der Waals surface area contributed by atoms with Crippen LogP contribution in [0, 0.1) is 0 Å². The summed E-state index contributed by atoms with van der Waals surface area (Å²) in [6.07, 6.45) is 11.0. The van der Waals surface area contributed by atoms with Crippen LogP contribution in [0.1, 0.15) is 93.0 Å². The van der Waals surface area contributed by atoms with Gasteiger partial charge >= 0.3 is 0 Å². The van der Waals surface area contributed by atoms with Gasteiger partial charge in [-0.3, -0.25) is 4.79 Å². The predicted molar refractivity (Wildman–Crippen MR) is 107 cm³/mol. The number of piperidine rings is 1. The van der Waals surface area contributed by atoms with Crippen LogP contribution in [0.4, 0.5) is 0 Å². The minimum atomic E-state index is 0.210. The summed E-state index contributed by atoms with van der Waals surface area (Å²) in [5, 5.41) is 3.22. The van der Waals surface area contributed by atoms with Crippen molar-refractivity contribution >= 4 is 17.2 Å². The third kappa shape index (κ3) is 3.99. The zero-order valence-corrected chi connectivity index (χ0v) is 17.1. The SMILES string of the molecule is CC(C)N1CCC(c2nc(C(=O)N(C3CCCCC3)C3CC3)cs2)CC1. The lowest BCUT2D eigenvalue weighted by Crippen LogP contribution is -2.43. The van der Waals surface area contributed by atoms with Crippen molar-refractivity contribution in [2.75, 3.05) is 13.1 Å². The Labute approximate surface area is 162 Å². The number of thiazole rings is 1. The molecule has 4 rings (SSSR count). The number of carbonyl (C=O) groups is 1. The molecule has 0 spiro atoms. The molecule has 0 N–H and O–H groups in total. The maximum atomic E-state index is 13.2. The van der Waals surface area contributed by atoms with Gasteiger partial charge in [0.15, 0.2) is 0 Å². The Bertz CT molecular complexity index is 611. The van der Waals surface area contributed by atoms with E-state index < -0.39 is 0 Å². The van der Waals surface area contributed by atoms with Gasteiger partial charge in [-0.05, 0) is 65.5 Å². The molecule has 26 heavy (non-hydrogen) atoms. The van der Waals surface area contributed by atoms with E-state index in [2.05, 4.69) is 23.6 Å². The first-order valence-electron chi connectivity index (χ1n) is 10.7. The molecule has 1 saturated heterocycles. The van der Waals surface area contributed by atoms with Crippen LogP contribution in [-0.4, -0.2) is 51.9 Å². The van der Waals surface area contributed by atoms with Crippen molar-refractivity contribution in [3.05, 3.63) is 16.1 Å². The summed E-state index contributed by atoms with van der Waals surface area (Å²) >= 11 is 1.71. The molecule has 1 amide bonds. The maximum absolute atomic E-state index is 13.2. The molecule has 1 aromatic heterocycles. The van der Waals surface area contributed by atoms with Crippen molar-refractivity contribution in [1.29, 1.82) is 0 Å². The quantitative estimate of drug-likeness (QED) is 0.750. The average molecular weight is 376 g/mol. The molecule has 0 radical (unpaired) electrons. The van der Waals surface area contributed by atoms with E-state index in [-0.39, 0.29) is 5.91 Å². The maximum Gasteiger partial charge on any atom is 0.273 e. The van der Waals surface area contributed by atoms with Gasteiger partial charge in [-0.25, -0.2) is 4.98 Å². The molecule has 2 heterocycles. The zero-order chi connectivity index (χ0) is 18.1. The third-order valence-electron chi connectivity index (χ3n) is 6.49. The average Bonchev–Trinajstić information content (AvgIpc) is 3.37. The van der Waals surface area contributed by atoms with E-state index in [0.29, 0.717) is 29.7 Å². The van der Waals surface area contributed by atoms with Gasteiger partial charge in [0, 0.05) is 29.4 Å². The lowest BCUT2D eigenvalue weighted by Gasteiger charge is -2.34. The topological polar surface area (TPSA) is 36.4 Å². The third-order valence-corrected chi connectivity index (χ3v) is 7.50. The highest BCUT2D eigenvalue weighted by molar-refractivity contribution is 7.09. The second kappa shape index (κ2) is 7.97. The lowest BCUT2D eigenvalue weighted by molar-refractivity contribution is 0.0608. The molecule has 2 saturated carbocycles. The summed E-state index contributed by atoms with van der Waals surface area (Å²) in [5.41, 5.74) is 0.716. The van der Waals surface area contributed by atoms with Crippen LogP contribution in [-0.2, 0) is 0 Å². The Morgan fingerprint density at radius 1 is 1.08 bits per heavy atom. The molecular weight excluding hydrogens is 342 g/mol. The number of carbonyl (C=O) groups excluding carboxylic acids is 1. The molecule has 2 aliphatic carbocycles. The predicted octanol–water partition coefficient (Wildman–Crippen LogP) is 4.67. The van der Waals surface area contributed by atoms with Crippen molar-refractivity contribution in [1.82, 2.24) is 14.8 Å². The van der Waals surface area contributed by atoms with Gasteiger partial charge in [0.1, 0.15) is 5.69 Å². The smallest absolute Gasteiger partial charge is 0.273 e. The molecule has 1 aliphatic heterocycles. The fourth-order valence-corrected chi connectivity index (χ4v) is 5.68. The molecule has 5 heteroatoms. The molecule has 1 aromatic rings. The minimum absolute atomic E-state index is 0.210. The van der Waals surface area contributed by atoms with Crippen LogP contribution in [0.15, 0.2) is 5.38 Å². The van der Waals surface area contributed by atoms with E-state index in [1.807, 2.05) is 5.38 Å². The largest absolute Gasteiger partial charge is 0.331 e. The summed E-state index contributed by atoms with van der Waals surface area (Å²) in [6, 6.07) is 1.58. The molecule has 4 nitrogen and oxygen atoms in total. The van der Waals surface area contributed by atoms with E-state index >= 15 is 0 Å². The van der Waals surface area contributed by atoms with E-state index in [9.17, 15) is 4.79 Å². The van der Waals surface area contributed by atoms with Crippen molar-refractivity contribution < 1.29 is 4.79 Å². The van der Waals surface area contributed by atoms with Crippen LogP contribution < -0.4 is 0 Å². The highest BCUT2D eigenvalue weighted by Crippen LogP contribution is 2.36. The first kappa shape index (κ1) is 18.4. The molecule has 0 bridgehead atoms. The highest BCUT2D eigenvalue weighted by Gasteiger charge is 2.39. The van der Waals surface area contributed by atoms with Crippen molar-refractivity contribution in [2.45, 2.75) is 95.7 Å². The highest BCUT2D eigenvalue weighted by atomic mass is 32.1. The van der Waals surface area contributed by atoms with Gasteiger partial charge in [0.25, 0.3) is 5.91 Å². The molecule has 3 fully saturated rings. The number of likely N-dealkylation sites (tertiary alicyclic amines) is 1. The standard InChI is InChI=1S/C21H33N3OS/c1-15(2)23-12-10-16(11-13-23)20-22-19(14-26-20)21(25)24(18-8-9-18)17-6-4-3-5-7-17/h14-18H,3-13H2,1-2H3. The molecular formula is C21H33N3OS. The fourth-order valence-electron chi connectivity index (χ4n) is 4.71. The number of amides is 1. The van der Waals surface area contributed by atoms with E-state index in [0.717, 1.165) is 13.1 Å². The molecule has 144 valence electrons. The normalized spacial score (nSPS) is 23.5. The molecule has 0 unspecified atom stereocenters. The zero-order valence-electron chi connectivity index (χ0n) is 16.3. The van der Waals surface area contributed by atoms with Gasteiger partial charge in [-0.2, -0.15) is 0 Å². The second-order valence-electron chi connectivity index (χ2n) is 8.71. The number of aromatic nitrogens is 1. The summed E-state index contributed by atoms with van der Waals surface area (Å²) < 4.78 is 0. The molecule has 0 aromatic carbocycles. The van der Waals surface area contributed by atoms with Crippen molar-refractivity contribution in [3.63, 3.8) is 0 Å². The Morgan fingerprint density at radius 2 is 1.73 bits per heavy atom. The molecule has 0 atom stereocenters. The van der Waals surface area contributed by atoms with Gasteiger partial charge in [-0.1, -0.05) is 19.3 Å². The van der Waals surface area contributed by atoms with Crippen LogP contribution in [0.25, 0.3) is 0 Å². The van der Waals surface area contributed by atoms with Gasteiger partial charge < -0.3 is 9.80 Å². The summed E-state index contributed by atoms with van der Waals surface area (Å²) in [6.45, 7) is 6.86. The Hall–Kier alpha value is -0.940. The summed E-state index contributed by atoms with van der Waals surface area (Å²) in [4.78, 5) is 22.8.